The SMILES string of the molecule is Cc1cc[c]([Ti]([Br])([Br])[c]2ccc(C)cc2)cc1. The van der Waals surface area contributed by atoms with E-state index in [0.29, 0.717) is 0 Å². The van der Waals surface area contributed by atoms with Gasteiger partial charge in [0, 0.05) is 0 Å². The van der Waals surface area contributed by atoms with E-state index < -0.39 is 12.4 Å². The van der Waals surface area contributed by atoms with Crippen LogP contribution < -0.4 is 7.74 Å². The fraction of sp³-hybridized carbons (Fsp3) is 0.143. The number of hydrogen-bond donors (Lipinski definition) is 0. The summed E-state index contributed by atoms with van der Waals surface area (Å²) in [6, 6.07) is 17.6. The Morgan fingerprint density at radius 2 is 0.941 bits per heavy atom. The molecule has 0 radical (unpaired) electrons. The van der Waals surface area contributed by atoms with Gasteiger partial charge in [-0.3, -0.25) is 0 Å². The van der Waals surface area contributed by atoms with Crippen LogP contribution in [0.3, 0.4) is 0 Å². The van der Waals surface area contributed by atoms with E-state index in [4.69, 9.17) is 0 Å². The van der Waals surface area contributed by atoms with Gasteiger partial charge in [-0.2, -0.15) is 0 Å². The molecule has 0 saturated carbocycles. The van der Waals surface area contributed by atoms with Crippen LogP contribution in [-0.4, -0.2) is 0 Å². The van der Waals surface area contributed by atoms with Crippen molar-refractivity contribution in [2.45, 2.75) is 13.8 Å². The Hall–Kier alpha value is 0.114. The molecule has 0 aromatic heterocycles. The molecule has 88 valence electrons. The van der Waals surface area contributed by atoms with E-state index in [-0.39, 0.29) is 0 Å². The molecule has 2 aromatic rings. The Morgan fingerprint density at radius 3 is 1.24 bits per heavy atom. The number of benzene rings is 2. The molecular weight excluding hydrogens is 376 g/mol. The number of aryl methyl sites for hydroxylation is 2. The van der Waals surface area contributed by atoms with E-state index in [1.54, 1.807) is 0 Å². The first-order valence-electron chi connectivity index (χ1n) is 5.52. The number of hydrogen-bond acceptors (Lipinski definition) is 0. The second kappa shape index (κ2) is 5.40. The van der Waals surface area contributed by atoms with Gasteiger partial charge in [-0.25, -0.2) is 0 Å². The predicted molar refractivity (Wildman–Crippen MR) is 79.5 cm³/mol. The Bertz CT molecular complexity index is 453. The van der Waals surface area contributed by atoms with Crippen molar-refractivity contribution in [2.24, 2.45) is 0 Å². The molecule has 0 fully saturated rings. The third-order valence-corrected chi connectivity index (χ3v) is 13.7. The molecule has 0 atom stereocenters. The zero-order chi connectivity index (χ0) is 12.5. The molecule has 0 heterocycles. The molecule has 0 unspecified atom stereocenters. The summed E-state index contributed by atoms with van der Waals surface area (Å²) in [4.78, 5) is 0. The Kier molecular flexibility index (Phi) is 4.30. The third-order valence-electron chi connectivity index (χ3n) is 2.83. The van der Waals surface area contributed by atoms with Gasteiger partial charge in [0.1, 0.15) is 0 Å². The van der Waals surface area contributed by atoms with E-state index in [9.17, 15) is 0 Å². The second-order valence-corrected chi connectivity index (χ2v) is 22.1. The molecule has 0 amide bonds. The van der Waals surface area contributed by atoms with Crippen LogP contribution in [0.2, 0.25) is 0 Å². The van der Waals surface area contributed by atoms with Crippen LogP contribution in [0, 0.1) is 13.8 Å². The Labute approximate surface area is 119 Å². The van der Waals surface area contributed by atoms with Crippen molar-refractivity contribution in [1.82, 2.24) is 0 Å². The molecule has 2 aromatic carbocycles. The molecule has 0 bridgehead atoms. The monoisotopic (exact) mass is 388 g/mol. The van der Waals surface area contributed by atoms with Crippen molar-refractivity contribution in [1.29, 1.82) is 0 Å². The first-order chi connectivity index (χ1) is 8.00. The van der Waals surface area contributed by atoms with Gasteiger partial charge in [-0.1, -0.05) is 0 Å². The first kappa shape index (κ1) is 13.5. The Morgan fingerprint density at radius 1 is 0.647 bits per heavy atom. The molecular formula is C14H14Br2Ti. The normalized spacial score (nSPS) is 11.5. The van der Waals surface area contributed by atoms with Crippen LogP contribution in [0.4, 0.5) is 0 Å². The molecule has 0 N–H and O–H groups in total. The van der Waals surface area contributed by atoms with Gasteiger partial charge < -0.3 is 0 Å². The van der Waals surface area contributed by atoms with E-state index in [2.05, 4.69) is 88.7 Å². The molecule has 3 heteroatoms. The van der Waals surface area contributed by atoms with Crippen LogP contribution in [-0.2, 0) is 12.4 Å². The summed E-state index contributed by atoms with van der Waals surface area (Å²) in [5.41, 5.74) is 2.60. The van der Waals surface area contributed by atoms with Gasteiger partial charge in [0.2, 0.25) is 0 Å². The van der Waals surface area contributed by atoms with Crippen molar-refractivity contribution >= 4 is 34.1 Å². The van der Waals surface area contributed by atoms with Gasteiger partial charge in [0.15, 0.2) is 0 Å². The zero-order valence-electron chi connectivity index (χ0n) is 9.87. The molecule has 0 aliphatic heterocycles. The Balaban J connectivity index is 2.41. The fourth-order valence-electron chi connectivity index (χ4n) is 1.69. The standard InChI is InChI=1S/2C7H7.2BrH.Ti/c2*1-7-5-3-2-4-6-7;;;/h2*3-6H,1H3;2*1H;/q;;;;+2/p-2. The average Bonchev–Trinajstić information content (AvgIpc) is 2.30. The van der Waals surface area contributed by atoms with E-state index in [0.717, 1.165) is 0 Å². The molecule has 17 heavy (non-hydrogen) atoms. The third kappa shape index (κ3) is 3.11. The fourth-order valence-corrected chi connectivity index (χ4v) is 8.40. The van der Waals surface area contributed by atoms with E-state index in [1.165, 1.54) is 18.9 Å². The topological polar surface area (TPSA) is 0 Å². The van der Waals surface area contributed by atoms with Gasteiger partial charge in [0.25, 0.3) is 0 Å². The van der Waals surface area contributed by atoms with Crippen molar-refractivity contribution in [3.8, 4) is 0 Å². The van der Waals surface area contributed by atoms with Gasteiger partial charge in [-0.15, -0.1) is 0 Å². The summed E-state index contributed by atoms with van der Waals surface area (Å²) in [6.07, 6.45) is 0. The summed E-state index contributed by atoms with van der Waals surface area (Å²) in [6.45, 7) is 4.24. The van der Waals surface area contributed by atoms with Crippen LogP contribution in [0.5, 0.6) is 0 Å². The number of halogens is 2. The minimum absolute atomic E-state index is 1.30. The summed E-state index contributed by atoms with van der Waals surface area (Å²) in [7, 11) is 0. The molecule has 0 saturated heterocycles. The van der Waals surface area contributed by atoms with E-state index in [1.807, 2.05) is 0 Å². The van der Waals surface area contributed by atoms with Crippen molar-refractivity contribution in [2.75, 3.05) is 0 Å². The van der Waals surface area contributed by atoms with Crippen LogP contribution >= 0.6 is 26.3 Å². The molecule has 0 aliphatic rings. The zero-order valence-corrected chi connectivity index (χ0v) is 14.6. The maximum atomic E-state index is 3.95. The van der Waals surface area contributed by atoms with Crippen molar-refractivity contribution in [3.63, 3.8) is 0 Å². The van der Waals surface area contributed by atoms with E-state index >= 15 is 0 Å². The molecule has 0 aliphatic carbocycles. The average molecular weight is 390 g/mol. The van der Waals surface area contributed by atoms with Gasteiger partial charge >= 0.3 is 120 Å². The molecule has 2 rings (SSSR count). The second-order valence-electron chi connectivity index (χ2n) is 4.31. The summed E-state index contributed by atoms with van der Waals surface area (Å²) >= 11 is 5.48. The summed E-state index contributed by atoms with van der Waals surface area (Å²) in [5.74, 6) is 0. The molecule has 0 nitrogen and oxygen atoms in total. The summed E-state index contributed by atoms with van der Waals surface area (Å²) in [5, 5.41) is 0. The maximum absolute atomic E-state index is 3.95. The van der Waals surface area contributed by atoms with Gasteiger partial charge in [-0.05, 0) is 0 Å². The molecule has 0 spiro atoms. The van der Waals surface area contributed by atoms with Crippen molar-refractivity contribution < 1.29 is 12.4 Å². The summed E-state index contributed by atoms with van der Waals surface area (Å²) < 4.78 is 2.78. The number of rotatable bonds is 2. The first-order valence-corrected chi connectivity index (χ1v) is 14.8. The van der Waals surface area contributed by atoms with Crippen molar-refractivity contribution in [3.05, 3.63) is 59.7 Å². The van der Waals surface area contributed by atoms with Crippen LogP contribution in [0.25, 0.3) is 0 Å². The van der Waals surface area contributed by atoms with Crippen LogP contribution in [0.1, 0.15) is 11.1 Å². The minimum atomic E-state index is -2.43. The van der Waals surface area contributed by atoms with Crippen LogP contribution in [0.15, 0.2) is 48.5 Å². The predicted octanol–water partition coefficient (Wildman–Crippen LogP) is 4.03. The quantitative estimate of drug-likeness (QED) is 0.680. The van der Waals surface area contributed by atoms with Gasteiger partial charge in [0.05, 0.1) is 0 Å².